The van der Waals surface area contributed by atoms with Gasteiger partial charge in [0.15, 0.2) is 0 Å². The van der Waals surface area contributed by atoms with Gasteiger partial charge in [-0.05, 0) is 49.2 Å². The van der Waals surface area contributed by atoms with Crippen LogP contribution >= 0.6 is 0 Å². The molecule has 0 aliphatic carbocycles. The molecule has 1 nitrogen and oxygen atoms in total. The van der Waals surface area contributed by atoms with E-state index in [-0.39, 0.29) is 5.69 Å². The van der Waals surface area contributed by atoms with Crippen LogP contribution in [0.2, 0.25) is 0 Å². The van der Waals surface area contributed by atoms with Crippen molar-refractivity contribution in [3.8, 4) is 0 Å². The zero-order chi connectivity index (χ0) is 14.0. The molecular weight excluding hydrogens is 251 g/mol. The topological polar surface area (TPSA) is 12.0 Å². The summed E-state index contributed by atoms with van der Waals surface area (Å²) in [6.45, 7) is 3.89. The maximum Gasteiger partial charge on any atom is 0.418 e. The minimum atomic E-state index is -4.36. The third-order valence-corrected chi connectivity index (χ3v) is 3.02. The highest BCUT2D eigenvalue weighted by Gasteiger charge is 2.33. The SMILES string of the molecule is Cc1ccc(Nc2ccccc2C(F)(F)F)cc1C. The molecule has 0 atom stereocenters. The summed E-state index contributed by atoms with van der Waals surface area (Å²) in [6, 6.07) is 11.0. The van der Waals surface area contributed by atoms with Crippen LogP contribution in [0.1, 0.15) is 16.7 Å². The van der Waals surface area contributed by atoms with Gasteiger partial charge in [-0.25, -0.2) is 0 Å². The molecule has 0 aliphatic rings. The van der Waals surface area contributed by atoms with Crippen LogP contribution in [0.15, 0.2) is 42.5 Å². The van der Waals surface area contributed by atoms with E-state index < -0.39 is 11.7 Å². The Kier molecular flexibility index (Phi) is 3.51. The minimum Gasteiger partial charge on any atom is -0.355 e. The fraction of sp³-hybridized carbons (Fsp3) is 0.200. The van der Waals surface area contributed by atoms with Crippen molar-refractivity contribution in [2.75, 3.05) is 5.32 Å². The quantitative estimate of drug-likeness (QED) is 0.799. The molecule has 0 heterocycles. The average molecular weight is 265 g/mol. The number of hydrogen-bond donors (Lipinski definition) is 1. The maximum atomic E-state index is 12.9. The normalized spacial score (nSPS) is 11.4. The van der Waals surface area contributed by atoms with Gasteiger partial charge in [0.1, 0.15) is 0 Å². The van der Waals surface area contributed by atoms with Gasteiger partial charge in [0.2, 0.25) is 0 Å². The fourth-order valence-electron chi connectivity index (χ4n) is 1.81. The third-order valence-electron chi connectivity index (χ3n) is 3.02. The molecule has 0 aromatic heterocycles. The highest BCUT2D eigenvalue weighted by atomic mass is 19.4. The number of aryl methyl sites for hydroxylation is 2. The fourth-order valence-corrected chi connectivity index (χ4v) is 1.81. The monoisotopic (exact) mass is 265 g/mol. The van der Waals surface area contributed by atoms with Crippen LogP contribution in [-0.4, -0.2) is 0 Å². The Balaban J connectivity index is 2.36. The van der Waals surface area contributed by atoms with Gasteiger partial charge in [-0.15, -0.1) is 0 Å². The number of alkyl halides is 3. The van der Waals surface area contributed by atoms with Crippen LogP contribution in [-0.2, 0) is 6.18 Å². The molecule has 100 valence electrons. The van der Waals surface area contributed by atoms with E-state index in [1.54, 1.807) is 12.1 Å². The van der Waals surface area contributed by atoms with Crippen molar-refractivity contribution in [2.24, 2.45) is 0 Å². The van der Waals surface area contributed by atoms with Crippen LogP contribution < -0.4 is 5.32 Å². The van der Waals surface area contributed by atoms with E-state index in [4.69, 9.17) is 0 Å². The van der Waals surface area contributed by atoms with Gasteiger partial charge < -0.3 is 5.32 Å². The van der Waals surface area contributed by atoms with Crippen molar-refractivity contribution in [3.63, 3.8) is 0 Å². The largest absolute Gasteiger partial charge is 0.418 e. The van der Waals surface area contributed by atoms with Gasteiger partial charge in [-0.2, -0.15) is 13.2 Å². The smallest absolute Gasteiger partial charge is 0.355 e. The maximum absolute atomic E-state index is 12.9. The standard InChI is InChI=1S/C15H14F3N/c1-10-7-8-12(9-11(10)2)19-14-6-4-3-5-13(14)15(16,17)18/h3-9,19H,1-2H3. The molecule has 2 rings (SSSR count). The summed E-state index contributed by atoms with van der Waals surface area (Å²) in [5.74, 6) is 0. The van der Waals surface area contributed by atoms with E-state index in [1.165, 1.54) is 12.1 Å². The van der Waals surface area contributed by atoms with Crippen molar-refractivity contribution >= 4 is 11.4 Å². The summed E-state index contributed by atoms with van der Waals surface area (Å²) in [4.78, 5) is 0. The molecule has 0 amide bonds. The van der Waals surface area contributed by atoms with Crippen LogP contribution in [0, 0.1) is 13.8 Å². The number of halogens is 3. The zero-order valence-corrected chi connectivity index (χ0v) is 10.7. The van der Waals surface area contributed by atoms with Crippen LogP contribution in [0.3, 0.4) is 0 Å². The highest BCUT2D eigenvalue weighted by Crippen LogP contribution is 2.35. The highest BCUT2D eigenvalue weighted by molar-refractivity contribution is 5.64. The first-order valence-electron chi connectivity index (χ1n) is 5.88. The van der Waals surface area contributed by atoms with Gasteiger partial charge in [-0.1, -0.05) is 18.2 Å². The van der Waals surface area contributed by atoms with E-state index in [9.17, 15) is 13.2 Å². The number of rotatable bonds is 2. The number of hydrogen-bond acceptors (Lipinski definition) is 1. The third kappa shape index (κ3) is 3.08. The lowest BCUT2D eigenvalue weighted by Gasteiger charge is -2.15. The lowest BCUT2D eigenvalue weighted by Crippen LogP contribution is -2.08. The predicted octanol–water partition coefficient (Wildman–Crippen LogP) is 5.07. The molecule has 0 aliphatic heterocycles. The summed E-state index contributed by atoms with van der Waals surface area (Å²) in [7, 11) is 0. The Morgan fingerprint density at radius 2 is 1.58 bits per heavy atom. The second-order valence-electron chi connectivity index (χ2n) is 4.47. The summed E-state index contributed by atoms with van der Waals surface area (Å²) in [5, 5.41) is 2.83. The molecule has 0 saturated carbocycles. The average Bonchev–Trinajstić information content (AvgIpc) is 2.33. The van der Waals surface area contributed by atoms with Gasteiger partial charge in [-0.3, -0.25) is 0 Å². The Morgan fingerprint density at radius 3 is 2.21 bits per heavy atom. The molecule has 2 aromatic carbocycles. The number of anilines is 2. The molecular formula is C15H14F3N. The Bertz CT molecular complexity index is 588. The lowest BCUT2D eigenvalue weighted by atomic mass is 10.1. The van der Waals surface area contributed by atoms with Crippen LogP contribution in [0.4, 0.5) is 24.5 Å². The van der Waals surface area contributed by atoms with E-state index in [2.05, 4.69) is 5.32 Å². The molecule has 1 N–H and O–H groups in total. The predicted molar refractivity (Wildman–Crippen MR) is 70.6 cm³/mol. The molecule has 4 heteroatoms. The van der Waals surface area contributed by atoms with Crippen molar-refractivity contribution in [2.45, 2.75) is 20.0 Å². The van der Waals surface area contributed by atoms with E-state index in [0.717, 1.165) is 17.2 Å². The van der Waals surface area contributed by atoms with Crippen molar-refractivity contribution in [3.05, 3.63) is 59.2 Å². The first kappa shape index (κ1) is 13.5. The van der Waals surface area contributed by atoms with E-state index in [0.29, 0.717) is 5.69 Å². The Hall–Kier alpha value is -1.97. The second kappa shape index (κ2) is 4.96. The molecule has 0 saturated heterocycles. The Morgan fingerprint density at radius 1 is 0.895 bits per heavy atom. The van der Waals surface area contributed by atoms with Gasteiger partial charge in [0, 0.05) is 5.69 Å². The Labute approximate surface area is 110 Å². The van der Waals surface area contributed by atoms with Crippen LogP contribution in [0.25, 0.3) is 0 Å². The summed E-state index contributed by atoms with van der Waals surface area (Å²) < 4.78 is 38.6. The summed E-state index contributed by atoms with van der Waals surface area (Å²) in [5.41, 5.74) is 2.20. The van der Waals surface area contributed by atoms with E-state index in [1.807, 2.05) is 26.0 Å². The molecule has 0 unspecified atom stereocenters. The molecule has 0 bridgehead atoms. The minimum absolute atomic E-state index is 0.0678. The molecule has 0 radical (unpaired) electrons. The van der Waals surface area contributed by atoms with Gasteiger partial charge in [0.05, 0.1) is 11.3 Å². The summed E-state index contributed by atoms with van der Waals surface area (Å²) in [6.07, 6.45) is -4.36. The number of nitrogens with one attached hydrogen (secondary N) is 1. The van der Waals surface area contributed by atoms with Gasteiger partial charge in [0.25, 0.3) is 0 Å². The first-order chi connectivity index (χ1) is 8.88. The van der Waals surface area contributed by atoms with Gasteiger partial charge >= 0.3 is 6.18 Å². The molecule has 0 spiro atoms. The first-order valence-corrected chi connectivity index (χ1v) is 5.88. The van der Waals surface area contributed by atoms with E-state index >= 15 is 0 Å². The molecule has 0 fully saturated rings. The lowest BCUT2D eigenvalue weighted by molar-refractivity contribution is -0.136. The van der Waals surface area contributed by atoms with Crippen LogP contribution in [0.5, 0.6) is 0 Å². The molecule has 19 heavy (non-hydrogen) atoms. The summed E-state index contributed by atoms with van der Waals surface area (Å²) >= 11 is 0. The van der Waals surface area contributed by atoms with Crippen molar-refractivity contribution in [1.29, 1.82) is 0 Å². The van der Waals surface area contributed by atoms with Crippen molar-refractivity contribution < 1.29 is 13.2 Å². The van der Waals surface area contributed by atoms with Crippen molar-refractivity contribution in [1.82, 2.24) is 0 Å². The second-order valence-corrected chi connectivity index (χ2v) is 4.47. The number of benzene rings is 2. The molecule has 2 aromatic rings. The zero-order valence-electron chi connectivity index (χ0n) is 10.7. The number of para-hydroxylation sites is 1.